The van der Waals surface area contributed by atoms with Crippen molar-refractivity contribution in [3.8, 4) is 0 Å². The Labute approximate surface area is 113 Å². The van der Waals surface area contributed by atoms with Crippen molar-refractivity contribution in [1.29, 1.82) is 0 Å². The van der Waals surface area contributed by atoms with Gasteiger partial charge in [0, 0.05) is 12.6 Å². The minimum Gasteiger partial charge on any atom is -0.459 e. The highest BCUT2D eigenvalue weighted by atomic mass is 16.3. The Kier molecular flexibility index (Phi) is 4.24. The van der Waals surface area contributed by atoms with Gasteiger partial charge in [-0.15, -0.1) is 0 Å². The van der Waals surface area contributed by atoms with Gasteiger partial charge in [0.1, 0.15) is 6.04 Å². The monoisotopic (exact) mass is 264 g/mol. The number of piperidine rings is 1. The highest BCUT2D eigenvalue weighted by Gasteiger charge is 2.28. The molecule has 1 aliphatic rings. The molecule has 1 fully saturated rings. The smallest absolute Gasteiger partial charge is 0.287 e. The molecule has 1 aromatic rings. The highest BCUT2D eigenvalue weighted by molar-refractivity contribution is 5.95. The summed E-state index contributed by atoms with van der Waals surface area (Å²) in [6.07, 6.45) is 4.67. The van der Waals surface area contributed by atoms with Crippen LogP contribution in [0.4, 0.5) is 0 Å². The zero-order valence-corrected chi connectivity index (χ0v) is 11.4. The molecule has 0 saturated carbocycles. The Morgan fingerprint density at radius 3 is 2.89 bits per heavy atom. The lowest BCUT2D eigenvalue weighted by Crippen LogP contribution is -2.51. The molecule has 1 N–H and O–H groups in total. The van der Waals surface area contributed by atoms with Gasteiger partial charge in [-0.2, -0.15) is 0 Å². The molecule has 2 amide bonds. The molecule has 1 aliphatic heterocycles. The van der Waals surface area contributed by atoms with Gasteiger partial charge < -0.3 is 14.6 Å². The van der Waals surface area contributed by atoms with Gasteiger partial charge in [0.15, 0.2) is 5.76 Å². The third-order valence-corrected chi connectivity index (χ3v) is 3.55. The van der Waals surface area contributed by atoms with Gasteiger partial charge in [-0.1, -0.05) is 0 Å². The number of amides is 2. The topological polar surface area (TPSA) is 62.6 Å². The van der Waals surface area contributed by atoms with Crippen LogP contribution in [0.5, 0.6) is 0 Å². The molecule has 0 aromatic carbocycles. The van der Waals surface area contributed by atoms with E-state index < -0.39 is 6.04 Å². The van der Waals surface area contributed by atoms with Crippen LogP contribution in [0.25, 0.3) is 0 Å². The highest BCUT2D eigenvalue weighted by Crippen LogP contribution is 2.17. The summed E-state index contributed by atoms with van der Waals surface area (Å²) >= 11 is 0. The van der Waals surface area contributed by atoms with E-state index in [1.807, 2.05) is 4.90 Å². The van der Waals surface area contributed by atoms with Crippen molar-refractivity contribution in [1.82, 2.24) is 10.2 Å². The van der Waals surface area contributed by atoms with Gasteiger partial charge in [0.2, 0.25) is 5.91 Å². The van der Waals surface area contributed by atoms with Gasteiger partial charge in [-0.3, -0.25) is 9.59 Å². The van der Waals surface area contributed by atoms with Crippen LogP contribution < -0.4 is 5.32 Å². The maximum absolute atomic E-state index is 12.3. The van der Waals surface area contributed by atoms with Crippen molar-refractivity contribution in [3.05, 3.63) is 24.2 Å². The second-order valence-corrected chi connectivity index (χ2v) is 5.05. The maximum atomic E-state index is 12.3. The van der Waals surface area contributed by atoms with Crippen LogP contribution in [-0.4, -0.2) is 35.3 Å². The molecule has 0 radical (unpaired) electrons. The SMILES string of the molecule is CC(NC(=O)c1ccco1)C(=O)N1CCCCC1C. The minimum atomic E-state index is -0.529. The summed E-state index contributed by atoms with van der Waals surface area (Å²) in [6.45, 7) is 4.55. The van der Waals surface area contributed by atoms with Crippen molar-refractivity contribution in [3.63, 3.8) is 0 Å². The lowest BCUT2D eigenvalue weighted by atomic mass is 10.0. The summed E-state index contributed by atoms with van der Waals surface area (Å²) in [4.78, 5) is 26.0. The normalized spacial score (nSPS) is 20.9. The van der Waals surface area contributed by atoms with Crippen LogP contribution in [0.2, 0.25) is 0 Å². The first kappa shape index (κ1) is 13.6. The molecule has 104 valence electrons. The van der Waals surface area contributed by atoms with E-state index in [0.29, 0.717) is 0 Å². The van der Waals surface area contributed by atoms with Crippen LogP contribution in [0.3, 0.4) is 0 Å². The van der Waals surface area contributed by atoms with Gasteiger partial charge >= 0.3 is 0 Å². The molecular weight excluding hydrogens is 244 g/mol. The van der Waals surface area contributed by atoms with Crippen molar-refractivity contribution >= 4 is 11.8 Å². The van der Waals surface area contributed by atoms with E-state index in [2.05, 4.69) is 12.2 Å². The molecule has 2 heterocycles. The van der Waals surface area contributed by atoms with E-state index in [1.165, 1.54) is 6.26 Å². The summed E-state index contributed by atoms with van der Waals surface area (Å²) in [6, 6.07) is 2.95. The summed E-state index contributed by atoms with van der Waals surface area (Å²) < 4.78 is 5.01. The van der Waals surface area contributed by atoms with E-state index >= 15 is 0 Å². The van der Waals surface area contributed by atoms with Crippen LogP contribution in [0.1, 0.15) is 43.7 Å². The fourth-order valence-electron chi connectivity index (χ4n) is 2.41. The number of carbonyl (C=O) groups is 2. The van der Waals surface area contributed by atoms with Crippen molar-refractivity contribution in [2.75, 3.05) is 6.54 Å². The quantitative estimate of drug-likeness (QED) is 0.905. The average molecular weight is 264 g/mol. The summed E-state index contributed by atoms with van der Waals surface area (Å²) in [5.74, 6) is -0.144. The Hall–Kier alpha value is -1.78. The Morgan fingerprint density at radius 2 is 2.26 bits per heavy atom. The first-order valence-electron chi connectivity index (χ1n) is 6.74. The van der Waals surface area contributed by atoms with Crippen molar-refractivity contribution in [2.24, 2.45) is 0 Å². The molecule has 1 aromatic heterocycles. The number of rotatable bonds is 3. The van der Waals surface area contributed by atoms with Crippen LogP contribution in [0.15, 0.2) is 22.8 Å². The molecule has 1 saturated heterocycles. The average Bonchev–Trinajstić information content (AvgIpc) is 2.92. The fourth-order valence-corrected chi connectivity index (χ4v) is 2.41. The largest absolute Gasteiger partial charge is 0.459 e. The van der Waals surface area contributed by atoms with E-state index in [4.69, 9.17) is 4.42 Å². The van der Waals surface area contributed by atoms with Gasteiger partial charge in [-0.05, 0) is 45.2 Å². The number of likely N-dealkylation sites (tertiary alicyclic amines) is 1. The first-order valence-corrected chi connectivity index (χ1v) is 6.74. The third-order valence-electron chi connectivity index (χ3n) is 3.55. The Bertz CT molecular complexity index is 442. The zero-order chi connectivity index (χ0) is 13.8. The molecule has 5 heteroatoms. The lowest BCUT2D eigenvalue weighted by molar-refractivity contribution is -0.136. The molecule has 2 unspecified atom stereocenters. The number of nitrogens with zero attached hydrogens (tertiary/aromatic N) is 1. The number of furan rings is 1. The summed E-state index contributed by atoms with van der Waals surface area (Å²) in [5, 5.41) is 2.68. The summed E-state index contributed by atoms with van der Waals surface area (Å²) in [7, 11) is 0. The molecule has 5 nitrogen and oxygen atoms in total. The van der Waals surface area contributed by atoms with Crippen molar-refractivity contribution < 1.29 is 14.0 Å². The van der Waals surface area contributed by atoms with Crippen LogP contribution in [-0.2, 0) is 4.79 Å². The lowest BCUT2D eigenvalue weighted by Gasteiger charge is -2.35. The molecule has 2 atom stereocenters. The zero-order valence-electron chi connectivity index (χ0n) is 11.4. The molecule has 0 aliphatic carbocycles. The first-order chi connectivity index (χ1) is 9.09. The molecule has 0 bridgehead atoms. The second-order valence-electron chi connectivity index (χ2n) is 5.05. The van der Waals surface area contributed by atoms with Gasteiger partial charge in [0.25, 0.3) is 5.91 Å². The predicted octanol–water partition coefficient (Wildman–Crippen LogP) is 1.80. The van der Waals surface area contributed by atoms with E-state index in [1.54, 1.807) is 19.1 Å². The molecule has 19 heavy (non-hydrogen) atoms. The summed E-state index contributed by atoms with van der Waals surface area (Å²) in [5.41, 5.74) is 0. The second kappa shape index (κ2) is 5.91. The van der Waals surface area contributed by atoms with E-state index in [-0.39, 0.29) is 23.6 Å². The number of nitrogens with one attached hydrogen (secondary N) is 1. The fraction of sp³-hybridized carbons (Fsp3) is 0.571. The minimum absolute atomic E-state index is 0.0212. The standard InChI is InChI=1S/C14H20N2O3/c1-10-6-3-4-8-16(10)14(18)11(2)15-13(17)12-7-5-9-19-12/h5,7,9-11H,3-4,6,8H2,1-2H3,(H,15,17). The van der Waals surface area contributed by atoms with E-state index in [9.17, 15) is 9.59 Å². The number of hydrogen-bond acceptors (Lipinski definition) is 3. The van der Waals surface area contributed by atoms with Crippen molar-refractivity contribution in [2.45, 2.75) is 45.2 Å². The van der Waals surface area contributed by atoms with Gasteiger partial charge in [-0.25, -0.2) is 0 Å². The van der Waals surface area contributed by atoms with E-state index in [0.717, 1.165) is 25.8 Å². The van der Waals surface area contributed by atoms with Crippen LogP contribution >= 0.6 is 0 Å². The molecular formula is C14H20N2O3. The molecule has 2 rings (SSSR count). The molecule has 0 spiro atoms. The number of carbonyl (C=O) groups excluding carboxylic acids is 2. The number of hydrogen-bond donors (Lipinski definition) is 1. The van der Waals surface area contributed by atoms with Crippen LogP contribution in [0, 0.1) is 0 Å². The Morgan fingerprint density at radius 1 is 1.47 bits per heavy atom. The third kappa shape index (κ3) is 3.16. The Balaban J connectivity index is 1.93. The van der Waals surface area contributed by atoms with Gasteiger partial charge in [0.05, 0.1) is 6.26 Å². The predicted molar refractivity (Wildman–Crippen MR) is 70.7 cm³/mol. The maximum Gasteiger partial charge on any atom is 0.287 e.